The molecule has 1 saturated heterocycles. The maximum Gasteiger partial charge on any atom is 0.226 e. The van der Waals surface area contributed by atoms with Gasteiger partial charge >= 0.3 is 0 Å². The minimum absolute atomic E-state index is 0.0469. The summed E-state index contributed by atoms with van der Waals surface area (Å²) in [7, 11) is 0. The number of rotatable bonds is 4. The molecule has 0 radical (unpaired) electrons. The van der Waals surface area contributed by atoms with Crippen molar-refractivity contribution in [3.05, 3.63) is 35.4 Å². The molecular weight excluding hydrogens is 300 g/mol. The number of nitrogens with zero attached hydrogens (tertiary/aromatic N) is 1. The molecule has 3 fully saturated rings. The van der Waals surface area contributed by atoms with Crippen molar-refractivity contribution < 1.29 is 9.59 Å². The van der Waals surface area contributed by atoms with Gasteiger partial charge in [-0.25, -0.2) is 0 Å². The second-order valence-electron chi connectivity index (χ2n) is 7.75. The van der Waals surface area contributed by atoms with E-state index in [4.69, 9.17) is 0 Å². The van der Waals surface area contributed by atoms with Gasteiger partial charge in [-0.2, -0.15) is 0 Å². The Kier molecular flexibility index (Phi) is 4.07. The Morgan fingerprint density at radius 3 is 2.46 bits per heavy atom. The molecule has 1 aromatic carbocycles. The summed E-state index contributed by atoms with van der Waals surface area (Å²) in [6.07, 6.45) is 5.98. The van der Waals surface area contributed by atoms with Crippen LogP contribution < -0.4 is 5.32 Å². The van der Waals surface area contributed by atoms with Crippen molar-refractivity contribution in [3.8, 4) is 0 Å². The zero-order valence-corrected chi connectivity index (χ0v) is 14.3. The molecule has 3 aliphatic rings. The zero-order chi connectivity index (χ0) is 16.7. The fourth-order valence-corrected chi connectivity index (χ4v) is 3.76. The van der Waals surface area contributed by atoms with Gasteiger partial charge in [0.25, 0.3) is 0 Å². The Morgan fingerprint density at radius 2 is 1.79 bits per heavy atom. The lowest BCUT2D eigenvalue weighted by Crippen LogP contribution is -2.47. The molecule has 0 bridgehead atoms. The summed E-state index contributed by atoms with van der Waals surface area (Å²) in [6.45, 7) is 2.66. The third kappa shape index (κ3) is 3.33. The molecule has 1 N–H and O–H groups in total. The zero-order valence-electron chi connectivity index (χ0n) is 14.3. The first-order valence-electron chi connectivity index (χ1n) is 9.29. The molecule has 1 heterocycles. The lowest BCUT2D eigenvalue weighted by molar-refractivity contribution is -0.140. The summed E-state index contributed by atoms with van der Waals surface area (Å²) in [5, 5.41) is 3.11. The molecule has 24 heavy (non-hydrogen) atoms. The predicted octanol–water partition coefficient (Wildman–Crippen LogP) is 2.96. The van der Waals surface area contributed by atoms with Crippen LogP contribution in [-0.2, 0) is 9.59 Å². The van der Waals surface area contributed by atoms with Crippen LogP contribution in [-0.4, -0.2) is 29.3 Å². The van der Waals surface area contributed by atoms with E-state index in [1.165, 1.54) is 11.1 Å². The maximum absolute atomic E-state index is 12.8. The molecule has 2 atom stereocenters. The predicted molar refractivity (Wildman–Crippen MR) is 92.2 cm³/mol. The molecule has 0 unspecified atom stereocenters. The molecule has 128 valence electrons. The van der Waals surface area contributed by atoms with Crippen LogP contribution in [0, 0.1) is 18.8 Å². The monoisotopic (exact) mass is 326 g/mol. The fraction of sp³-hybridized carbons (Fsp3) is 0.600. The van der Waals surface area contributed by atoms with Crippen LogP contribution in [0.1, 0.15) is 55.7 Å². The Bertz CT molecular complexity index is 649. The number of nitrogens with one attached hydrogen (secondary N) is 1. The highest BCUT2D eigenvalue weighted by Gasteiger charge is 2.41. The van der Waals surface area contributed by atoms with Crippen LogP contribution in [0.25, 0.3) is 0 Å². The van der Waals surface area contributed by atoms with Gasteiger partial charge in [0.2, 0.25) is 11.8 Å². The number of hydrogen-bond donors (Lipinski definition) is 1. The van der Waals surface area contributed by atoms with Crippen molar-refractivity contribution in [2.24, 2.45) is 11.8 Å². The van der Waals surface area contributed by atoms with Crippen molar-refractivity contribution in [2.45, 2.75) is 57.5 Å². The van der Waals surface area contributed by atoms with Gasteiger partial charge in [0.05, 0.1) is 12.0 Å². The number of benzene rings is 1. The molecule has 1 aliphatic heterocycles. The van der Waals surface area contributed by atoms with Gasteiger partial charge in [-0.1, -0.05) is 29.8 Å². The minimum Gasteiger partial charge on any atom is -0.353 e. The van der Waals surface area contributed by atoms with Gasteiger partial charge in [-0.3, -0.25) is 9.59 Å². The van der Waals surface area contributed by atoms with Crippen molar-refractivity contribution >= 4 is 11.8 Å². The molecule has 4 nitrogen and oxygen atoms in total. The number of amides is 2. The molecule has 0 spiro atoms. The third-order valence-corrected chi connectivity index (χ3v) is 5.51. The fourth-order valence-electron chi connectivity index (χ4n) is 3.76. The van der Waals surface area contributed by atoms with E-state index in [0.29, 0.717) is 12.6 Å². The molecule has 2 aliphatic carbocycles. The van der Waals surface area contributed by atoms with Gasteiger partial charge in [-0.05, 0) is 51.0 Å². The summed E-state index contributed by atoms with van der Waals surface area (Å²) < 4.78 is 0. The SMILES string of the molecule is Cc1cccc([C@H]2CC[C@@H](C(=O)NC3CC3)CN2C(=O)C2CC2)c1. The van der Waals surface area contributed by atoms with Crippen LogP contribution in [0.15, 0.2) is 24.3 Å². The van der Waals surface area contributed by atoms with Gasteiger partial charge in [0.15, 0.2) is 0 Å². The van der Waals surface area contributed by atoms with Crippen LogP contribution in [0.5, 0.6) is 0 Å². The summed E-state index contributed by atoms with van der Waals surface area (Å²) in [6, 6.07) is 8.97. The van der Waals surface area contributed by atoms with Crippen molar-refractivity contribution in [3.63, 3.8) is 0 Å². The molecule has 2 amide bonds. The average Bonchev–Trinajstić information content (AvgIpc) is 3.46. The molecule has 0 aromatic heterocycles. The number of carbonyl (C=O) groups is 2. The Balaban J connectivity index is 1.53. The summed E-state index contributed by atoms with van der Waals surface area (Å²) in [5.41, 5.74) is 2.44. The van der Waals surface area contributed by atoms with Gasteiger partial charge in [0, 0.05) is 18.5 Å². The number of piperidine rings is 1. The lowest BCUT2D eigenvalue weighted by atomic mass is 9.87. The normalized spacial score (nSPS) is 27.0. The quantitative estimate of drug-likeness (QED) is 0.925. The topological polar surface area (TPSA) is 49.4 Å². The lowest BCUT2D eigenvalue weighted by Gasteiger charge is -2.40. The third-order valence-electron chi connectivity index (χ3n) is 5.51. The van der Waals surface area contributed by atoms with Crippen LogP contribution in [0.4, 0.5) is 0 Å². The Labute approximate surface area is 143 Å². The largest absolute Gasteiger partial charge is 0.353 e. The first-order chi connectivity index (χ1) is 11.6. The first-order valence-corrected chi connectivity index (χ1v) is 9.29. The molecule has 1 aromatic rings. The van der Waals surface area contributed by atoms with Gasteiger partial charge in [0.1, 0.15) is 0 Å². The molecule has 4 rings (SSSR count). The van der Waals surface area contributed by atoms with Crippen molar-refractivity contribution in [1.29, 1.82) is 0 Å². The summed E-state index contributed by atoms with van der Waals surface area (Å²) in [5.74, 6) is 0.552. The van der Waals surface area contributed by atoms with Crippen LogP contribution >= 0.6 is 0 Å². The van der Waals surface area contributed by atoms with E-state index in [2.05, 4.69) is 36.5 Å². The highest BCUT2D eigenvalue weighted by Crippen LogP contribution is 2.39. The standard InChI is InChI=1S/C20H26N2O2/c1-13-3-2-4-15(11-13)18-10-7-16(19(23)21-17-8-9-17)12-22(18)20(24)14-5-6-14/h2-4,11,14,16-18H,5-10,12H2,1H3,(H,21,23)/t16-,18-/m1/s1. The van der Waals surface area contributed by atoms with E-state index in [-0.39, 0.29) is 29.7 Å². The number of aryl methyl sites for hydroxylation is 1. The average molecular weight is 326 g/mol. The van der Waals surface area contributed by atoms with Crippen molar-refractivity contribution in [1.82, 2.24) is 10.2 Å². The highest BCUT2D eigenvalue weighted by molar-refractivity contribution is 5.84. The van der Waals surface area contributed by atoms with E-state index < -0.39 is 0 Å². The van der Waals surface area contributed by atoms with E-state index in [1.54, 1.807) is 0 Å². The second kappa shape index (κ2) is 6.23. The summed E-state index contributed by atoms with van der Waals surface area (Å²) in [4.78, 5) is 27.3. The van der Waals surface area contributed by atoms with Gasteiger partial charge < -0.3 is 10.2 Å². The number of carbonyl (C=O) groups excluding carboxylic acids is 2. The minimum atomic E-state index is -0.0469. The molecular formula is C20H26N2O2. The Hall–Kier alpha value is -1.84. The Morgan fingerprint density at radius 1 is 1.04 bits per heavy atom. The molecule has 4 heteroatoms. The van der Waals surface area contributed by atoms with Gasteiger partial charge in [-0.15, -0.1) is 0 Å². The molecule has 2 saturated carbocycles. The highest BCUT2D eigenvalue weighted by atomic mass is 16.2. The van der Waals surface area contributed by atoms with Crippen molar-refractivity contribution in [2.75, 3.05) is 6.54 Å². The maximum atomic E-state index is 12.8. The summed E-state index contributed by atoms with van der Waals surface area (Å²) >= 11 is 0. The number of hydrogen-bond acceptors (Lipinski definition) is 2. The van der Waals surface area contributed by atoms with E-state index in [0.717, 1.165) is 38.5 Å². The second-order valence-corrected chi connectivity index (χ2v) is 7.75. The number of likely N-dealkylation sites (tertiary alicyclic amines) is 1. The van der Waals surface area contributed by atoms with E-state index >= 15 is 0 Å². The van der Waals surface area contributed by atoms with Crippen LogP contribution in [0.3, 0.4) is 0 Å². The van der Waals surface area contributed by atoms with E-state index in [1.807, 2.05) is 4.90 Å². The smallest absolute Gasteiger partial charge is 0.226 e. The first kappa shape index (κ1) is 15.7. The van der Waals surface area contributed by atoms with E-state index in [9.17, 15) is 9.59 Å². The van der Waals surface area contributed by atoms with Crippen LogP contribution in [0.2, 0.25) is 0 Å².